The van der Waals surface area contributed by atoms with E-state index in [2.05, 4.69) is 0 Å². The van der Waals surface area contributed by atoms with Crippen molar-refractivity contribution >= 4 is 17.7 Å². The lowest BCUT2D eigenvalue weighted by Crippen LogP contribution is -2.55. The molecule has 110 valence electrons. The Labute approximate surface area is 123 Å². The van der Waals surface area contributed by atoms with Crippen LogP contribution in [0.1, 0.15) is 12.8 Å². The van der Waals surface area contributed by atoms with Crippen molar-refractivity contribution in [1.82, 2.24) is 4.90 Å². The lowest BCUT2D eigenvalue weighted by molar-refractivity contribution is -0.139. The van der Waals surface area contributed by atoms with Gasteiger partial charge in [0.2, 0.25) is 0 Å². The van der Waals surface area contributed by atoms with E-state index in [1.54, 1.807) is 9.80 Å². The van der Waals surface area contributed by atoms with Crippen LogP contribution in [0.2, 0.25) is 0 Å². The molecule has 6 nitrogen and oxygen atoms in total. The fourth-order valence-corrected chi connectivity index (χ4v) is 2.38. The first-order valence-corrected chi connectivity index (χ1v) is 6.82. The third-order valence-corrected chi connectivity index (χ3v) is 3.44. The van der Waals surface area contributed by atoms with Gasteiger partial charge in [-0.2, -0.15) is 5.26 Å². The summed E-state index contributed by atoms with van der Waals surface area (Å²) in [4.78, 5) is 26.3. The Bertz CT molecular complexity index is 547. The Balaban J connectivity index is 2.00. The van der Waals surface area contributed by atoms with Gasteiger partial charge in [0.25, 0.3) is 0 Å². The maximum atomic E-state index is 12.5. The molecule has 1 N–H and O–H groups in total. The van der Waals surface area contributed by atoms with Crippen molar-refractivity contribution in [3.63, 3.8) is 0 Å². The van der Waals surface area contributed by atoms with Gasteiger partial charge < -0.3 is 10.0 Å². The highest BCUT2D eigenvalue weighted by Gasteiger charge is 2.34. The second-order valence-electron chi connectivity index (χ2n) is 5.05. The first kappa shape index (κ1) is 14.9. The summed E-state index contributed by atoms with van der Waals surface area (Å²) in [6, 6.07) is 11.1. The maximum absolute atomic E-state index is 12.5. The van der Waals surface area contributed by atoms with Crippen molar-refractivity contribution in [2.45, 2.75) is 12.8 Å². The number of rotatable bonds is 5. The molecule has 1 aliphatic rings. The van der Waals surface area contributed by atoms with Gasteiger partial charge in [-0.1, -0.05) is 18.2 Å². The monoisotopic (exact) mass is 287 g/mol. The number of amides is 2. The van der Waals surface area contributed by atoms with Gasteiger partial charge in [0.1, 0.15) is 0 Å². The molecule has 1 heterocycles. The number of nitrogens with zero attached hydrogens (tertiary/aromatic N) is 3. The maximum Gasteiger partial charge on any atom is 0.324 e. The zero-order valence-electron chi connectivity index (χ0n) is 11.6. The van der Waals surface area contributed by atoms with Crippen LogP contribution in [0, 0.1) is 17.2 Å². The fourth-order valence-electron chi connectivity index (χ4n) is 2.38. The molecule has 0 unspecified atom stereocenters. The molecule has 2 amide bonds. The predicted octanol–water partition coefficient (Wildman–Crippen LogP) is 1.93. The van der Waals surface area contributed by atoms with Crippen molar-refractivity contribution in [2.24, 2.45) is 5.92 Å². The van der Waals surface area contributed by atoms with Gasteiger partial charge in [-0.05, 0) is 12.1 Å². The summed E-state index contributed by atoms with van der Waals surface area (Å²) in [7, 11) is 0. The van der Waals surface area contributed by atoms with Gasteiger partial charge in [-0.3, -0.25) is 9.69 Å². The van der Waals surface area contributed by atoms with Gasteiger partial charge >= 0.3 is 12.0 Å². The first-order chi connectivity index (χ1) is 10.1. The zero-order valence-corrected chi connectivity index (χ0v) is 11.6. The number of urea groups is 1. The molecular weight excluding hydrogens is 270 g/mol. The molecule has 0 spiro atoms. The highest BCUT2D eigenvalue weighted by Crippen LogP contribution is 2.23. The van der Waals surface area contributed by atoms with Crippen LogP contribution in [0.25, 0.3) is 0 Å². The van der Waals surface area contributed by atoms with Crippen LogP contribution in [0.3, 0.4) is 0 Å². The molecule has 1 aromatic carbocycles. The van der Waals surface area contributed by atoms with Crippen LogP contribution in [-0.4, -0.2) is 41.6 Å². The summed E-state index contributed by atoms with van der Waals surface area (Å²) in [5.74, 6) is -0.809. The molecule has 0 saturated carbocycles. The minimum atomic E-state index is -0.837. The highest BCUT2D eigenvalue weighted by atomic mass is 16.4. The first-order valence-electron chi connectivity index (χ1n) is 6.82. The normalized spacial score (nSPS) is 14.1. The third kappa shape index (κ3) is 3.72. The number of hydrogen-bond acceptors (Lipinski definition) is 3. The molecule has 6 heteroatoms. The van der Waals surface area contributed by atoms with Gasteiger partial charge in [-0.25, -0.2) is 4.79 Å². The predicted molar refractivity (Wildman–Crippen MR) is 76.7 cm³/mol. The van der Waals surface area contributed by atoms with E-state index in [1.165, 1.54) is 0 Å². The van der Waals surface area contributed by atoms with Gasteiger partial charge in [0.05, 0.1) is 18.9 Å². The van der Waals surface area contributed by atoms with Gasteiger partial charge in [-0.15, -0.1) is 0 Å². The standard InChI is InChI=1S/C15H17N3O3/c16-7-4-8-18(13-5-2-1-3-6-13)15(21)17-10-12(11-17)9-14(19)20/h1-3,5-6,12H,4,8-11H2,(H,19,20). The van der Waals surface area contributed by atoms with E-state index >= 15 is 0 Å². The third-order valence-electron chi connectivity index (χ3n) is 3.44. The van der Waals surface area contributed by atoms with Crippen LogP contribution in [0.15, 0.2) is 30.3 Å². The molecule has 1 saturated heterocycles. The van der Waals surface area contributed by atoms with E-state index in [-0.39, 0.29) is 24.8 Å². The summed E-state index contributed by atoms with van der Waals surface area (Å²) >= 11 is 0. The number of nitriles is 1. The average molecular weight is 287 g/mol. The van der Waals surface area contributed by atoms with Crippen LogP contribution in [-0.2, 0) is 4.79 Å². The summed E-state index contributed by atoms with van der Waals surface area (Å²) < 4.78 is 0. The topological polar surface area (TPSA) is 84.6 Å². The number of para-hydroxylation sites is 1. The van der Waals surface area contributed by atoms with Gasteiger partial charge in [0, 0.05) is 31.2 Å². The fraction of sp³-hybridized carbons (Fsp3) is 0.400. The molecule has 0 atom stereocenters. The van der Waals surface area contributed by atoms with Crippen LogP contribution < -0.4 is 4.90 Å². The second-order valence-corrected chi connectivity index (χ2v) is 5.05. The number of carboxylic acid groups (broad SMARTS) is 1. The molecule has 0 radical (unpaired) electrons. The Hall–Kier alpha value is -2.55. The lowest BCUT2D eigenvalue weighted by Gasteiger charge is -2.41. The average Bonchev–Trinajstić information content (AvgIpc) is 2.43. The van der Waals surface area contributed by atoms with E-state index in [1.807, 2.05) is 36.4 Å². The number of likely N-dealkylation sites (tertiary alicyclic amines) is 1. The van der Waals surface area contributed by atoms with Crippen LogP contribution >= 0.6 is 0 Å². The van der Waals surface area contributed by atoms with Crippen LogP contribution in [0.4, 0.5) is 10.5 Å². The molecule has 0 aliphatic carbocycles. The molecular formula is C15H17N3O3. The number of aliphatic carboxylic acids is 1. The molecule has 0 aromatic heterocycles. The minimum absolute atomic E-state index is 0.0278. The minimum Gasteiger partial charge on any atom is -0.481 e. The van der Waals surface area contributed by atoms with E-state index < -0.39 is 5.97 Å². The Morgan fingerprint density at radius 3 is 2.57 bits per heavy atom. The number of hydrogen-bond donors (Lipinski definition) is 1. The van der Waals surface area contributed by atoms with Crippen LogP contribution in [0.5, 0.6) is 0 Å². The Morgan fingerprint density at radius 2 is 2.00 bits per heavy atom. The number of carbonyl (C=O) groups is 2. The quantitative estimate of drug-likeness (QED) is 0.896. The SMILES string of the molecule is N#CCCN(C(=O)N1CC(CC(=O)O)C1)c1ccccc1. The van der Waals surface area contributed by atoms with E-state index in [0.29, 0.717) is 19.6 Å². The van der Waals surface area contributed by atoms with Crippen molar-refractivity contribution in [2.75, 3.05) is 24.5 Å². The smallest absolute Gasteiger partial charge is 0.324 e. The molecule has 0 bridgehead atoms. The highest BCUT2D eigenvalue weighted by molar-refractivity contribution is 5.92. The zero-order chi connectivity index (χ0) is 15.2. The second kappa shape index (κ2) is 6.75. The van der Waals surface area contributed by atoms with E-state index in [0.717, 1.165) is 5.69 Å². The molecule has 1 aliphatic heterocycles. The summed E-state index contributed by atoms with van der Waals surface area (Å²) in [5.41, 5.74) is 0.749. The summed E-state index contributed by atoms with van der Waals surface area (Å²) in [6.07, 6.45) is 0.348. The van der Waals surface area contributed by atoms with Crippen molar-refractivity contribution in [1.29, 1.82) is 5.26 Å². The molecule has 1 aromatic rings. The van der Waals surface area contributed by atoms with Gasteiger partial charge in [0.15, 0.2) is 0 Å². The summed E-state index contributed by atoms with van der Waals surface area (Å²) in [6.45, 7) is 1.25. The number of anilines is 1. The van der Waals surface area contributed by atoms with Crippen molar-refractivity contribution < 1.29 is 14.7 Å². The number of carboxylic acids is 1. The largest absolute Gasteiger partial charge is 0.481 e. The van der Waals surface area contributed by atoms with Crippen molar-refractivity contribution in [3.05, 3.63) is 30.3 Å². The summed E-state index contributed by atoms with van der Waals surface area (Å²) in [5, 5.41) is 17.5. The molecule has 21 heavy (non-hydrogen) atoms. The van der Waals surface area contributed by atoms with Crippen molar-refractivity contribution in [3.8, 4) is 6.07 Å². The Morgan fingerprint density at radius 1 is 1.33 bits per heavy atom. The lowest BCUT2D eigenvalue weighted by atomic mass is 9.97. The Kier molecular flexibility index (Phi) is 4.77. The van der Waals surface area contributed by atoms with E-state index in [4.69, 9.17) is 10.4 Å². The molecule has 2 rings (SSSR count). The number of carbonyl (C=O) groups excluding carboxylic acids is 1. The number of benzene rings is 1. The molecule has 1 fully saturated rings. The van der Waals surface area contributed by atoms with E-state index in [9.17, 15) is 9.59 Å².